The third-order valence-corrected chi connectivity index (χ3v) is 4.05. The van der Waals surface area contributed by atoms with Crippen molar-refractivity contribution >= 4 is 17.3 Å². The Bertz CT molecular complexity index is 514. The smallest absolute Gasteiger partial charge is 0.287 e. The molecule has 1 aliphatic rings. The van der Waals surface area contributed by atoms with E-state index in [2.05, 4.69) is 10.4 Å². The van der Waals surface area contributed by atoms with Gasteiger partial charge in [0.1, 0.15) is 5.02 Å². The van der Waals surface area contributed by atoms with Crippen LogP contribution in [0.1, 0.15) is 39.5 Å². The van der Waals surface area contributed by atoms with E-state index < -0.39 is 0 Å². The van der Waals surface area contributed by atoms with Crippen molar-refractivity contribution < 1.29 is 0 Å². The first-order chi connectivity index (χ1) is 9.49. The van der Waals surface area contributed by atoms with E-state index in [1.54, 1.807) is 6.20 Å². The van der Waals surface area contributed by atoms with Crippen LogP contribution in [0.3, 0.4) is 0 Å². The molecule has 1 heterocycles. The molecule has 2 atom stereocenters. The Hall–Kier alpha value is -1.07. The van der Waals surface area contributed by atoms with Gasteiger partial charge < -0.3 is 11.1 Å². The molecule has 1 aromatic heterocycles. The van der Waals surface area contributed by atoms with Crippen molar-refractivity contribution in [3.05, 3.63) is 21.6 Å². The Morgan fingerprint density at radius 2 is 2.20 bits per heavy atom. The summed E-state index contributed by atoms with van der Waals surface area (Å²) in [6, 6.07) is 0.279. The summed E-state index contributed by atoms with van der Waals surface area (Å²) in [4.78, 5) is 12.1. The van der Waals surface area contributed by atoms with Crippen LogP contribution in [0, 0.1) is 5.92 Å². The summed E-state index contributed by atoms with van der Waals surface area (Å²) in [6.07, 6.45) is 5.97. The van der Waals surface area contributed by atoms with Crippen LogP contribution in [0.25, 0.3) is 0 Å². The standard InChI is InChI=1S/C14H23ClN4O/c1-9(2)8-19-14(20)13(15)12(7-17-19)18-11-6-4-3-5-10(11)16/h7,9-11,18H,3-6,8,16H2,1-2H3. The van der Waals surface area contributed by atoms with Crippen LogP contribution in [0.5, 0.6) is 0 Å². The van der Waals surface area contributed by atoms with Crippen LogP contribution >= 0.6 is 11.6 Å². The van der Waals surface area contributed by atoms with Crippen LogP contribution in [0.4, 0.5) is 5.69 Å². The topological polar surface area (TPSA) is 72.9 Å². The average Bonchev–Trinajstić information content (AvgIpc) is 2.40. The molecule has 1 saturated carbocycles. The molecule has 112 valence electrons. The van der Waals surface area contributed by atoms with Gasteiger partial charge in [-0.2, -0.15) is 5.10 Å². The highest BCUT2D eigenvalue weighted by Gasteiger charge is 2.23. The number of aromatic nitrogens is 2. The molecule has 1 aliphatic carbocycles. The zero-order valence-corrected chi connectivity index (χ0v) is 12.9. The SMILES string of the molecule is CC(C)Cn1ncc(NC2CCCCC2N)c(Cl)c1=O. The molecule has 5 nitrogen and oxygen atoms in total. The number of hydrogen-bond acceptors (Lipinski definition) is 4. The fourth-order valence-electron chi connectivity index (χ4n) is 2.58. The maximum Gasteiger partial charge on any atom is 0.287 e. The molecule has 3 N–H and O–H groups in total. The van der Waals surface area contributed by atoms with Crippen LogP contribution in [0.15, 0.2) is 11.0 Å². The number of nitrogens with one attached hydrogen (secondary N) is 1. The molecule has 0 spiro atoms. The lowest BCUT2D eigenvalue weighted by atomic mass is 9.91. The van der Waals surface area contributed by atoms with Crippen molar-refractivity contribution in [3.8, 4) is 0 Å². The highest BCUT2D eigenvalue weighted by molar-refractivity contribution is 6.32. The molecular formula is C14H23ClN4O. The van der Waals surface area contributed by atoms with E-state index in [1.807, 2.05) is 13.8 Å². The molecule has 2 unspecified atom stereocenters. The van der Waals surface area contributed by atoms with Crippen LogP contribution in [-0.4, -0.2) is 21.9 Å². The molecule has 0 aromatic carbocycles. The summed E-state index contributed by atoms with van der Waals surface area (Å²) in [5, 5.41) is 7.68. The Labute approximate surface area is 124 Å². The van der Waals surface area contributed by atoms with E-state index >= 15 is 0 Å². The molecule has 1 fully saturated rings. The summed E-state index contributed by atoms with van der Waals surface area (Å²) in [5.41, 5.74) is 6.46. The van der Waals surface area contributed by atoms with Gasteiger partial charge in [0, 0.05) is 18.6 Å². The quantitative estimate of drug-likeness (QED) is 0.894. The first-order valence-electron chi connectivity index (χ1n) is 7.26. The predicted octanol–water partition coefficient (Wildman–Crippen LogP) is 2.23. The third-order valence-electron chi connectivity index (χ3n) is 3.68. The second-order valence-electron chi connectivity index (χ2n) is 5.95. The van der Waals surface area contributed by atoms with Crippen molar-refractivity contribution in [3.63, 3.8) is 0 Å². The molecule has 6 heteroatoms. The highest BCUT2D eigenvalue weighted by Crippen LogP contribution is 2.23. The molecule has 0 amide bonds. The fraction of sp³-hybridized carbons (Fsp3) is 0.714. The molecule has 20 heavy (non-hydrogen) atoms. The maximum absolute atomic E-state index is 12.1. The first kappa shape index (κ1) is 15.3. The van der Waals surface area contributed by atoms with Gasteiger partial charge in [-0.25, -0.2) is 4.68 Å². The third kappa shape index (κ3) is 3.52. The number of anilines is 1. The van der Waals surface area contributed by atoms with Crippen LogP contribution in [0.2, 0.25) is 5.02 Å². The lowest BCUT2D eigenvalue weighted by Crippen LogP contribution is -2.43. The summed E-state index contributed by atoms with van der Waals surface area (Å²) in [6.45, 7) is 4.65. The number of nitrogens with zero attached hydrogens (tertiary/aromatic N) is 2. The minimum absolute atomic E-state index is 0.109. The molecule has 0 aliphatic heterocycles. The molecule has 2 rings (SSSR count). The van der Waals surface area contributed by atoms with E-state index in [0.717, 1.165) is 19.3 Å². The van der Waals surface area contributed by atoms with Crippen molar-refractivity contribution in [2.75, 3.05) is 5.32 Å². The van der Waals surface area contributed by atoms with E-state index in [-0.39, 0.29) is 22.7 Å². The Morgan fingerprint density at radius 1 is 1.50 bits per heavy atom. The highest BCUT2D eigenvalue weighted by atomic mass is 35.5. The molecule has 1 aromatic rings. The lowest BCUT2D eigenvalue weighted by Gasteiger charge is -2.30. The monoisotopic (exact) mass is 298 g/mol. The Kier molecular flexibility index (Phi) is 5.05. The molecule has 0 saturated heterocycles. The van der Waals surface area contributed by atoms with Crippen molar-refractivity contribution in [2.24, 2.45) is 11.7 Å². The van der Waals surface area contributed by atoms with Crippen LogP contribution in [-0.2, 0) is 6.54 Å². The number of rotatable bonds is 4. The molecule has 0 bridgehead atoms. The first-order valence-corrected chi connectivity index (χ1v) is 7.64. The second kappa shape index (κ2) is 6.59. The molecule has 0 radical (unpaired) electrons. The van der Waals surface area contributed by atoms with E-state index in [4.69, 9.17) is 17.3 Å². The molecular weight excluding hydrogens is 276 g/mol. The summed E-state index contributed by atoms with van der Waals surface area (Å²) >= 11 is 6.17. The lowest BCUT2D eigenvalue weighted by molar-refractivity contribution is 0.403. The predicted molar refractivity (Wildman–Crippen MR) is 82.2 cm³/mol. The normalized spacial score (nSPS) is 23.1. The zero-order valence-electron chi connectivity index (χ0n) is 12.1. The second-order valence-corrected chi connectivity index (χ2v) is 6.33. The maximum atomic E-state index is 12.1. The van der Waals surface area contributed by atoms with Gasteiger partial charge >= 0.3 is 0 Å². The number of halogens is 1. The van der Waals surface area contributed by atoms with Gasteiger partial charge in [0.05, 0.1) is 11.9 Å². The largest absolute Gasteiger partial charge is 0.378 e. The number of hydrogen-bond donors (Lipinski definition) is 2. The fourth-order valence-corrected chi connectivity index (χ4v) is 2.78. The number of nitrogens with two attached hydrogens (primary N) is 1. The zero-order chi connectivity index (χ0) is 14.7. The minimum Gasteiger partial charge on any atom is -0.378 e. The average molecular weight is 299 g/mol. The summed E-state index contributed by atoms with van der Waals surface area (Å²) < 4.78 is 1.42. The summed E-state index contributed by atoms with van der Waals surface area (Å²) in [5.74, 6) is 0.349. The van der Waals surface area contributed by atoms with Gasteiger partial charge in [0.15, 0.2) is 0 Å². The van der Waals surface area contributed by atoms with Gasteiger partial charge in [0.25, 0.3) is 5.56 Å². The van der Waals surface area contributed by atoms with E-state index in [0.29, 0.717) is 18.2 Å². The van der Waals surface area contributed by atoms with Crippen molar-refractivity contribution in [2.45, 2.75) is 58.2 Å². The van der Waals surface area contributed by atoms with Crippen molar-refractivity contribution in [1.29, 1.82) is 0 Å². The van der Waals surface area contributed by atoms with Gasteiger partial charge in [-0.1, -0.05) is 38.3 Å². The van der Waals surface area contributed by atoms with E-state index in [1.165, 1.54) is 11.1 Å². The Balaban J connectivity index is 2.16. The van der Waals surface area contributed by atoms with E-state index in [9.17, 15) is 4.79 Å². The van der Waals surface area contributed by atoms with Gasteiger partial charge in [0.2, 0.25) is 0 Å². The Morgan fingerprint density at radius 3 is 2.85 bits per heavy atom. The minimum atomic E-state index is -0.241. The van der Waals surface area contributed by atoms with Crippen molar-refractivity contribution in [1.82, 2.24) is 9.78 Å². The van der Waals surface area contributed by atoms with Gasteiger partial charge in [-0.15, -0.1) is 0 Å². The summed E-state index contributed by atoms with van der Waals surface area (Å²) in [7, 11) is 0. The van der Waals surface area contributed by atoms with Gasteiger partial charge in [-0.05, 0) is 18.8 Å². The van der Waals surface area contributed by atoms with Crippen LogP contribution < -0.4 is 16.6 Å². The van der Waals surface area contributed by atoms with Gasteiger partial charge in [-0.3, -0.25) is 4.79 Å².